The fraction of sp³-hybridized carbons (Fsp3) is 0.462. The van der Waals surface area contributed by atoms with Crippen molar-refractivity contribution in [3.63, 3.8) is 0 Å². The van der Waals surface area contributed by atoms with Gasteiger partial charge in [0.15, 0.2) is 0 Å². The lowest BCUT2D eigenvalue weighted by Gasteiger charge is -2.34. The maximum Gasteiger partial charge on any atom is 0.275 e. The van der Waals surface area contributed by atoms with Gasteiger partial charge in [-0.25, -0.2) is 4.98 Å². The Bertz CT molecular complexity index is 621. The third kappa shape index (κ3) is 2.46. The first-order chi connectivity index (χ1) is 9.65. The quantitative estimate of drug-likeness (QED) is 0.839. The number of nitrogens with zero attached hydrogens (tertiary/aromatic N) is 4. The number of carbonyl (C=O) groups excluding carboxylic acids is 1. The van der Waals surface area contributed by atoms with Crippen molar-refractivity contribution in [3.05, 3.63) is 34.0 Å². The maximum absolute atomic E-state index is 12.6. The van der Waals surface area contributed by atoms with Crippen LogP contribution < -0.4 is 0 Å². The van der Waals surface area contributed by atoms with Crippen molar-refractivity contribution < 1.29 is 9.53 Å². The molecule has 0 saturated carbocycles. The Hall–Kier alpha value is -1.73. The molecule has 2 aromatic rings. The monoisotopic (exact) mass is 292 g/mol. The number of aromatic nitrogens is 3. The van der Waals surface area contributed by atoms with Crippen LogP contribution in [0.5, 0.6) is 0 Å². The summed E-state index contributed by atoms with van der Waals surface area (Å²) in [5, 5.41) is 7.18. The molecule has 1 aliphatic rings. The highest BCUT2D eigenvalue weighted by Crippen LogP contribution is 2.26. The van der Waals surface area contributed by atoms with Crippen LogP contribution in [-0.4, -0.2) is 45.3 Å². The van der Waals surface area contributed by atoms with Gasteiger partial charge in [-0.05, 0) is 13.0 Å². The number of hydrogen-bond acceptors (Lipinski definition) is 5. The Labute approximate surface area is 121 Å². The number of thiazole rings is 1. The molecule has 20 heavy (non-hydrogen) atoms. The molecule has 0 aromatic carbocycles. The van der Waals surface area contributed by atoms with Crippen LogP contribution in [0.4, 0.5) is 0 Å². The van der Waals surface area contributed by atoms with E-state index in [-0.39, 0.29) is 11.9 Å². The van der Waals surface area contributed by atoms with E-state index >= 15 is 0 Å². The molecule has 0 spiro atoms. The van der Waals surface area contributed by atoms with Crippen molar-refractivity contribution in [3.8, 4) is 0 Å². The van der Waals surface area contributed by atoms with Gasteiger partial charge in [0.2, 0.25) is 0 Å². The van der Waals surface area contributed by atoms with Crippen LogP contribution in [0.3, 0.4) is 0 Å². The highest BCUT2D eigenvalue weighted by molar-refractivity contribution is 7.09. The Morgan fingerprint density at radius 1 is 1.55 bits per heavy atom. The number of hydrogen-bond donors (Lipinski definition) is 0. The van der Waals surface area contributed by atoms with Gasteiger partial charge in [0.1, 0.15) is 5.69 Å². The zero-order chi connectivity index (χ0) is 14.1. The van der Waals surface area contributed by atoms with Crippen molar-refractivity contribution in [2.75, 3.05) is 19.8 Å². The standard InChI is InChI=1S/C13H16N4O2S/c1-9-14-11(8-20-9)12-7-19-6-5-17(12)13(18)10-3-4-16(2)15-10/h3-4,8,12H,5-7H2,1-2H3/t12-/m1/s1. The van der Waals surface area contributed by atoms with Crippen molar-refractivity contribution in [1.29, 1.82) is 0 Å². The zero-order valence-corrected chi connectivity index (χ0v) is 12.3. The van der Waals surface area contributed by atoms with Crippen LogP contribution in [0.1, 0.15) is 27.2 Å². The first-order valence-corrected chi connectivity index (χ1v) is 7.33. The molecule has 1 fully saturated rings. The molecular weight excluding hydrogens is 276 g/mol. The van der Waals surface area contributed by atoms with Crippen LogP contribution >= 0.6 is 11.3 Å². The first-order valence-electron chi connectivity index (χ1n) is 6.45. The number of morpholine rings is 1. The van der Waals surface area contributed by atoms with Gasteiger partial charge in [-0.1, -0.05) is 0 Å². The molecule has 1 amide bonds. The molecule has 0 N–H and O–H groups in total. The van der Waals surface area contributed by atoms with Gasteiger partial charge in [0.25, 0.3) is 5.91 Å². The Balaban J connectivity index is 1.87. The van der Waals surface area contributed by atoms with E-state index in [1.54, 1.807) is 40.2 Å². The van der Waals surface area contributed by atoms with Crippen molar-refractivity contribution in [2.45, 2.75) is 13.0 Å². The van der Waals surface area contributed by atoms with Gasteiger partial charge in [-0.2, -0.15) is 5.10 Å². The summed E-state index contributed by atoms with van der Waals surface area (Å²) in [5.74, 6) is -0.0652. The second-order valence-electron chi connectivity index (χ2n) is 4.76. The summed E-state index contributed by atoms with van der Waals surface area (Å²) in [7, 11) is 1.80. The SMILES string of the molecule is Cc1nc([C@H]2COCCN2C(=O)c2ccn(C)n2)cs1. The number of ether oxygens (including phenoxy) is 1. The van der Waals surface area contributed by atoms with Crippen molar-refractivity contribution in [2.24, 2.45) is 7.05 Å². The average molecular weight is 292 g/mol. The molecule has 1 saturated heterocycles. The fourth-order valence-corrected chi connectivity index (χ4v) is 2.96. The Morgan fingerprint density at radius 3 is 3.05 bits per heavy atom. The summed E-state index contributed by atoms with van der Waals surface area (Å²) in [6.45, 7) is 3.57. The van der Waals surface area contributed by atoms with Crippen LogP contribution in [0.2, 0.25) is 0 Å². The van der Waals surface area contributed by atoms with Crippen molar-refractivity contribution >= 4 is 17.2 Å². The summed E-state index contributed by atoms with van der Waals surface area (Å²) < 4.78 is 7.15. The summed E-state index contributed by atoms with van der Waals surface area (Å²) in [4.78, 5) is 18.9. The molecule has 0 unspecified atom stereocenters. The van der Waals surface area contributed by atoms with E-state index in [4.69, 9.17) is 4.74 Å². The number of rotatable bonds is 2. The Morgan fingerprint density at radius 2 is 2.40 bits per heavy atom. The molecule has 2 aromatic heterocycles. The topological polar surface area (TPSA) is 60.2 Å². The third-order valence-electron chi connectivity index (χ3n) is 3.30. The molecule has 1 atom stereocenters. The predicted octanol–water partition coefficient (Wildman–Crippen LogP) is 1.40. The summed E-state index contributed by atoms with van der Waals surface area (Å²) in [6, 6.07) is 1.62. The lowest BCUT2D eigenvalue weighted by atomic mass is 10.1. The van der Waals surface area contributed by atoms with Crippen LogP contribution in [0.15, 0.2) is 17.6 Å². The average Bonchev–Trinajstić information content (AvgIpc) is 3.07. The van der Waals surface area contributed by atoms with E-state index < -0.39 is 0 Å². The van der Waals surface area contributed by atoms with Crippen LogP contribution in [0.25, 0.3) is 0 Å². The molecule has 6 nitrogen and oxygen atoms in total. The molecule has 0 radical (unpaired) electrons. The van der Waals surface area contributed by atoms with E-state index in [0.717, 1.165) is 10.7 Å². The first kappa shape index (κ1) is 13.3. The Kier molecular flexibility index (Phi) is 3.54. The van der Waals surface area contributed by atoms with Gasteiger partial charge >= 0.3 is 0 Å². The second-order valence-corrected chi connectivity index (χ2v) is 5.82. The molecule has 7 heteroatoms. The van der Waals surface area contributed by atoms with Gasteiger partial charge < -0.3 is 9.64 Å². The molecular formula is C13H16N4O2S. The van der Waals surface area contributed by atoms with E-state index in [9.17, 15) is 4.79 Å². The molecule has 0 bridgehead atoms. The smallest absolute Gasteiger partial charge is 0.275 e. The van der Waals surface area contributed by atoms with E-state index in [1.807, 2.05) is 12.3 Å². The van der Waals surface area contributed by atoms with Crippen LogP contribution in [-0.2, 0) is 11.8 Å². The van der Waals surface area contributed by atoms with Gasteiger partial charge in [0.05, 0.1) is 30.0 Å². The highest BCUT2D eigenvalue weighted by Gasteiger charge is 2.31. The number of amides is 1. The number of carbonyl (C=O) groups is 1. The van der Waals surface area contributed by atoms with E-state index in [2.05, 4.69) is 10.1 Å². The lowest BCUT2D eigenvalue weighted by molar-refractivity contribution is -0.00410. The normalized spacial score (nSPS) is 19.3. The third-order valence-corrected chi connectivity index (χ3v) is 4.09. The number of aryl methyl sites for hydroxylation is 2. The fourth-order valence-electron chi connectivity index (χ4n) is 2.30. The largest absolute Gasteiger partial charge is 0.377 e. The van der Waals surface area contributed by atoms with Gasteiger partial charge in [-0.15, -0.1) is 11.3 Å². The van der Waals surface area contributed by atoms with Gasteiger partial charge in [-0.3, -0.25) is 9.48 Å². The minimum absolute atomic E-state index is 0.0652. The van der Waals surface area contributed by atoms with E-state index in [1.165, 1.54) is 0 Å². The molecule has 3 rings (SSSR count). The summed E-state index contributed by atoms with van der Waals surface area (Å²) in [5.41, 5.74) is 1.36. The summed E-state index contributed by atoms with van der Waals surface area (Å²) >= 11 is 1.59. The molecule has 1 aliphatic heterocycles. The van der Waals surface area contributed by atoms with Crippen LogP contribution in [0, 0.1) is 6.92 Å². The molecule has 3 heterocycles. The van der Waals surface area contributed by atoms with E-state index in [0.29, 0.717) is 25.5 Å². The molecule has 0 aliphatic carbocycles. The predicted molar refractivity (Wildman–Crippen MR) is 74.7 cm³/mol. The zero-order valence-electron chi connectivity index (χ0n) is 11.4. The second kappa shape index (κ2) is 5.34. The van der Waals surface area contributed by atoms with Gasteiger partial charge in [0, 0.05) is 25.2 Å². The molecule has 106 valence electrons. The summed E-state index contributed by atoms with van der Waals surface area (Å²) in [6.07, 6.45) is 1.77. The minimum atomic E-state index is -0.122. The highest BCUT2D eigenvalue weighted by atomic mass is 32.1. The minimum Gasteiger partial charge on any atom is -0.377 e. The van der Waals surface area contributed by atoms with Crippen molar-refractivity contribution in [1.82, 2.24) is 19.7 Å². The maximum atomic E-state index is 12.6. The lowest BCUT2D eigenvalue weighted by Crippen LogP contribution is -2.43.